The molecular formula is C11H11BrS. The molecular weight excluding hydrogens is 244 g/mol. The maximum Gasteiger partial charge on any atom is 0.0363 e. The molecule has 13 heavy (non-hydrogen) atoms. The van der Waals surface area contributed by atoms with Gasteiger partial charge in [-0.3, -0.25) is 0 Å². The zero-order valence-corrected chi connectivity index (χ0v) is 10.1. The van der Waals surface area contributed by atoms with Crippen molar-refractivity contribution in [3.05, 3.63) is 33.1 Å². The van der Waals surface area contributed by atoms with Gasteiger partial charge in [0.05, 0.1) is 0 Å². The minimum Gasteiger partial charge on any atom is -0.143 e. The van der Waals surface area contributed by atoms with Gasteiger partial charge in [0.1, 0.15) is 0 Å². The fraction of sp³-hybridized carbons (Fsp3) is 0.273. The summed E-state index contributed by atoms with van der Waals surface area (Å²) < 4.78 is 2.61. The van der Waals surface area contributed by atoms with Crippen LogP contribution in [0.2, 0.25) is 0 Å². The van der Waals surface area contributed by atoms with E-state index in [1.165, 1.54) is 25.7 Å². The molecule has 0 nitrogen and oxygen atoms in total. The Morgan fingerprint density at radius 2 is 2.15 bits per heavy atom. The van der Waals surface area contributed by atoms with Crippen molar-refractivity contribution in [2.45, 2.75) is 20.3 Å². The van der Waals surface area contributed by atoms with Gasteiger partial charge in [0.25, 0.3) is 0 Å². The van der Waals surface area contributed by atoms with E-state index in [-0.39, 0.29) is 0 Å². The Hall–Kier alpha value is -0.340. The molecule has 0 unspecified atom stereocenters. The van der Waals surface area contributed by atoms with Crippen LogP contribution in [0, 0.1) is 6.92 Å². The second-order valence-electron chi connectivity index (χ2n) is 3.16. The normalized spacial score (nSPS) is 11.0. The van der Waals surface area contributed by atoms with Gasteiger partial charge in [-0.15, -0.1) is 11.3 Å². The smallest absolute Gasteiger partial charge is 0.0363 e. The fourth-order valence-electron chi connectivity index (χ4n) is 1.68. The molecule has 0 atom stereocenters. The number of hydrogen-bond donors (Lipinski definition) is 0. The Morgan fingerprint density at radius 1 is 1.38 bits per heavy atom. The van der Waals surface area contributed by atoms with Gasteiger partial charge in [0.2, 0.25) is 0 Å². The van der Waals surface area contributed by atoms with Gasteiger partial charge in [-0.1, -0.05) is 13.0 Å². The molecule has 1 aromatic heterocycles. The molecule has 0 N–H and O–H groups in total. The SMILES string of the molecule is CCc1ccc2scc(Br)c2c1C. The van der Waals surface area contributed by atoms with E-state index in [4.69, 9.17) is 0 Å². The highest BCUT2D eigenvalue weighted by molar-refractivity contribution is 9.10. The Kier molecular flexibility index (Phi) is 2.43. The first kappa shape index (κ1) is 9.22. The lowest BCUT2D eigenvalue weighted by Gasteiger charge is -2.04. The van der Waals surface area contributed by atoms with Crippen molar-refractivity contribution in [3.8, 4) is 0 Å². The monoisotopic (exact) mass is 254 g/mol. The topological polar surface area (TPSA) is 0 Å². The molecule has 0 fully saturated rings. The lowest BCUT2D eigenvalue weighted by atomic mass is 10.0. The van der Waals surface area contributed by atoms with E-state index in [9.17, 15) is 0 Å². The molecule has 0 radical (unpaired) electrons. The molecule has 0 amide bonds. The molecule has 0 aliphatic rings. The van der Waals surface area contributed by atoms with Crippen molar-refractivity contribution >= 4 is 37.4 Å². The largest absolute Gasteiger partial charge is 0.143 e. The number of halogens is 1. The predicted octanol–water partition coefficient (Wildman–Crippen LogP) is 4.53. The highest BCUT2D eigenvalue weighted by Crippen LogP contribution is 2.34. The Morgan fingerprint density at radius 3 is 2.85 bits per heavy atom. The van der Waals surface area contributed by atoms with E-state index in [0.717, 1.165) is 6.42 Å². The van der Waals surface area contributed by atoms with E-state index < -0.39 is 0 Å². The van der Waals surface area contributed by atoms with Crippen molar-refractivity contribution in [2.24, 2.45) is 0 Å². The van der Waals surface area contributed by atoms with Crippen molar-refractivity contribution in [3.63, 3.8) is 0 Å². The Bertz CT molecular complexity index is 443. The minimum atomic E-state index is 1.12. The highest BCUT2D eigenvalue weighted by atomic mass is 79.9. The average Bonchev–Trinajstić information content (AvgIpc) is 2.49. The van der Waals surface area contributed by atoms with Crippen LogP contribution >= 0.6 is 27.3 Å². The molecule has 0 spiro atoms. The van der Waals surface area contributed by atoms with Crippen LogP contribution in [0.25, 0.3) is 10.1 Å². The lowest BCUT2D eigenvalue weighted by molar-refractivity contribution is 1.12. The van der Waals surface area contributed by atoms with Gasteiger partial charge < -0.3 is 0 Å². The van der Waals surface area contributed by atoms with Crippen LogP contribution in [0.3, 0.4) is 0 Å². The molecule has 2 aromatic rings. The van der Waals surface area contributed by atoms with E-state index in [0.29, 0.717) is 0 Å². The highest BCUT2D eigenvalue weighted by Gasteiger charge is 2.06. The fourth-order valence-corrected chi connectivity index (χ4v) is 3.48. The Balaban J connectivity index is 2.83. The summed E-state index contributed by atoms with van der Waals surface area (Å²) in [5, 5.41) is 3.56. The summed E-state index contributed by atoms with van der Waals surface area (Å²) in [6.45, 7) is 4.41. The molecule has 1 heterocycles. The second-order valence-corrected chi connectivity index (χ2v) is 4.93. The van der Waals surface area contributed by atoms with Crippen molar-refractivity contribution in [1.29, 1.82) is 0 Å². The van der Waals surface area contributed by atoms with E-state index in [2.05, 4.69) is 47.3 Å². The van der Waals surface area contributed by atoms with Crippen LogP contribution < -0.4 is 0 Å². The van der Waals surface area contributed by atoms with Gasteiger partial charge >= 0.3 is 0 Å². The zero-order valence-electron chi connectivity index (χ0n) is 7.73. The molecule has 0 bridgehead atoms. The van der Waals surface area contributed by atoms with Crippen molar-refractivity contribution < 1.29 is 0 Å². The summed E-state index contributed by atoms with van der Waals surface area (Å²) >= 11 is 5.39. The zero-order chi connectivity index (χ0) is 9.42. The van der Waals surface area contributed by atoms with E-state index >= 15 is 0 Å². The maximum atomic E-state index is 3.59. The van der Waals surface area contributed by atoms with Gasteiger partial charge in [0.15, 0.2) is 0 Å². The number of rotatable bonds is 1. The molecule has 2 heteroatoms. The number of thiophene rings is 1. The number of benzene rings is 1. The summed E-state index contributed by atoms with van der Waals surface area (Å²) in [6.07, 6.45) is 1.12. The van der Waals surface area contributed by atoms with Crippen LogP contribution in [0.15, 0.2) is 22.0 Å². The van der Waals surface area contributed by atoms with Gasteiger partial charge in [-0.2, -0.15) is 0 Å². The average molecular weight is 255 g/mol. The first-order valence-corrected chi connectivity index (χ1v) is 6.06. The Labute approximate surface area is 90.7 Å². The summed E-state index contributed by atoms with van der Waals surface area (Å²) in [7, 11) is 0. The first-order chi connectivity index (χ1) is 6.24. The van der Waals surface area contributed by atoms with Crippen molar-refractivity contribution in [2.75, 3.05) is 0 Å². The molecule has 68 valence electrons. The van der Waals surface area contributed by atoms with Gasteiger partial charge in [-0.25, -0.2) is 0 Å². The summed E-state index contributed by atoms with van der Waals surface area (Å²) in [5.41, 5.74) is 2.87. The molecule has 0 aliphatic heterocycles. The van der Waals surface area contributed by atoms with Gasteiger partial charge in [-0.05, 0) is 46.5 Å². The van der Waals surface area contributed by atoms with Crippen LogP contribution in [0.5, 0.6) is 0 Å². The van der Waals surface area contributed by atoms with Crippen LogP contribution in [0.1, 0.15) is 18.1 Å². The molecule has 0 saturated heterocycles. The standard InChI is InChI=1S/C11H11BrS/c1-3-8-4-5-10-11(7(8)2)9(12)6-13-10/h4-6H,3H2,1-2H3. The molecule has 2 rings (SSSR count). The predicted molar refractivity (Wildman–Crippen MR) is 63.6 cm³/mol. The lowest BCUT2D eigenvalue weighted by Crippen LogP contribution is -1.85. The minimum absolute atomic E-state index is 1.12. The van der Waals surface area contributed by atoms with Crippen LogP contribution in [-0.2, 0) is 6.42 Å². The quantitative estimate of drug-likeness (QED) is 0.702. The maximum absolute atomic E-state index is 3.59. The van der Waals surface area contributed by atoms with Crippen LogP contribution in [-0.4, -0.2) is 0 Å². The van der Waals surface area contributed by atoms with E-state index in [1.807, 2.05) is 0 Å². The summed E-state index contributed by atoms with van der Waals surface area (Å²) in [6, 6.07) is 4.46. The number of aryl methyl sites for hydroxylation is 2. The second kappa shape index (κ2) is 3.43. The number of fused-ring (bicyclic) bond motifs is 1. The molecule has 0 saturated carbocycles. The van der Waals surface area contributed by atoms with Crippen molar-refractivity contribution in [1.82, 2.24) is 0 Å². The van der Waals surface area contributed by atoms with Crippen LogP contribution in [0.4, 0.5) is 0 Å². The van der Waals surface area contributed by atoms with E-state index in [1.54, 1.807) is 11.3 Å². The third kappa shape index (κ3) is 1.42. The number of hydrogen-bond acceptors (Lipinski definition) is 1. The molecule has 1 aromatic carbocycles. The summed E-state index contributed by atoms with van der Waals surface area (Å²) in [4.78, 5) is 0. The third-order valence-corrected chi connectivity index (χ3v) is 4.32. The first-order valence-electron chi connectivity index (χ1n) is 4.39. The molecule has 0 aliphatic carbocycles. The summed E-state index contributed by atoms with van der Waals surface area (Å²) in [5.74, 6) is 0. The third-order valence-electron chi connectivity index (χ3n) is 2.45. The van der Waals surface area contributed by atoms with Gasteiger partial charge in [0, 0.05) is 19.9 Å².